The van der Waals surface area contributed by atoms with Crippen LogP contribution < -0.4 is 9.47 Å². The quantitative estimate of drug-likeness (QED) is 0.718. The summed E-state index contributed by atoms with van der Waals surface area (Å²) in [5.41, 5.74) is 2.41. The van der Waals surface area contributed by atoms with Crippen LogP contribution >= 0.6 is 12.6 Å². The fourth-order valence-corrected chi connectivity index (χ4v) is 1.93. The van der Waals surface area contributed by atoms with Gasteiger partial charge in [-0.25, -0.2) is 0 Å². The monoisotopic (exact) mass is 210 g/mol. The first-order valence-electron chi connectivity index (χ1n) is 4.76. The third kappa shape index (κ3) is 1.69. The molecule has 1 aliphatic rings. The molecule has 0 saturated heterocycles. The maximum atomic E-state index is 5.51. The molecule has 0 fully saturated rings. The molecular formula is C11H14O2S. The summed E-state index contributed by atoms with van der Waals surface area (Å²) < 4.78 is 11.0. The second kappa shape index (κ2) is 3.73. The average molecular weight is 210 g/mol. The molecule has 0 N–H and O–H groups in total. The highest BCUT2D eigenvalue weighted by molar-refractivity contribution is 7.80. The Balaban J connectivity index is 2.45. The van der Waals surface area contributed by atoms with Gasteiger partial charge >= 0.3 is 0 Å². The molecule has 1 aromatic rings. The van der Waals surface area contributed by atoms with Crippen molar-refractivity contribution >= 4 is 12.6 Å². The topological polar surface area (TPSA) is 18.5 Å². The molecule has 0 amide bonds. The average Bonchev–Trinajstić information content (AvgIpc) is 2.16. The molecule has 76 valence electrons. The van der Waals surface area contributed by atoms with Gasteiger partial charge in [-0.2, -0.15) is 12.6 Å². The summed E-state index contributed by atoms with van der Waals surface area (Å²) in [7, 11) is 0. The first-order valence-corrected chi connectivity index (χ1v) is 5.28. The molecule has 1 atom stereocenters. The number of rotatable bonds is 1. The van der Waals surface area contributed by atoms with E-state index in [0.717, 1.165) is 11.5 Å². The van der Waals surface area contributed by atoms with Gasteiger partial charge < -0.3 is 9.47 Å². The van der Waals surface area contributed by atoms with Crippen LogP contribution in [0.25, 0.3) is 0 Å². The lowest BCUT2D eigenvalue weighted by atomic mass is 10.0. The third-order valence-electron chi connectivity index (χ3n) is 2.38. The molecule has 1 unspecified atom stereocenters. The molecular weight excluding hydrogens is 196 g/mol. The molecule has 1 aromatic carbocycles. The molecule has 0 aromatic heterocycles. The van der Waals surface area contributed by atoms with Crippen molar-refractivity contribution in [3.05, 3.63) is 23.3 Å². The number of hydrogen-bond donors (Lipinski definition) is 1. The predicted octanol–water partition coefficient (Wildman–Crippen LogP) is 2.76. The second-order valence-electron chi connectivity index (χ2n) is 3.53. The van der Waals surface area contributed by atoms with Crippen molar-refractivity contribution in [2.24, 2.45) is 0 Å². The van der Waals surface area contributed by atoms with Gasteiger partial charge in [0, 0.05) is 5.25 Å². The van der Waals surface area contributed by atoms with E-state index >= 15 is 0 Å². The first kappa shape index (κ1) is 9.71. The largest absolute Gasteiger partial charge is 0.486 e. The van der Waals surface area contributed by atoms with E-state index in [1.54, 1.807) is 0 Å². The molecule has 2 rings (SSSR count). The Hall–Kier alpha value is -0.830. The Morgan fingerprint density at radius 2 is 1.79 bits per heavy atom. The Morgan fingerprint density at radius 1 is 1.21 bits per heavy atom. The van der Waals surface area contributed by atoms with Gasteiger partial charge in [0.25, 0.3) is 0 Å². The van der Waals surface area contributed by atoms with E-state index in [2.05, 4.69) is 26.5 Å². The van der Waals surface area contributed by atoms with Crippen LogP contribution in [-0.4, -0.2) is 13.2 Å². The summed E-state index contributed by atoms with van der Waals surface area (Å²) in [6.07, 6.45) is 0. The summed E-state index contributed by atoms with van der Waals surface area (Å²) in [5, 5.41) is 0.228. The highest BCUT2D eigenvalue weighted by Crippen LogP contribution is 2.36. The lowest BCUT2D eigenvalue weighted by Gasteiger charge is -2.21. The molecule has 0 radical (unpaired) electrons. The molecule has 2 nitrogen and oxygen atoms in total. The Labute approximate surface area is 89.6 Å². The smallest absolute Gasteiger partial charge is 0.161 e. The molecule has 1 aliphatic heterocycles. The van der Waals surface area contributed by atoms with Crippen molar-refractivity contribution in [2.45, 2.75) is 19.1 Å². The van der Waals surface area contributed by atoms with Crippen LogP contribution in [0.2, 0.25) is 0 Å². The Morgan fingerprint density at radius 3 is 2.36 bits per heavy atom. The van der Waals surface area contributed by atoms with Crippen molar-refractivity contribution in [2.75, 3.05) is 13.2 Å². The summed E-state index contributed by atoms with van der Waals surface area (Å²) >= 11 is 4.43. The molecule has 0 spiro atoms. The van der Waals surface area contributed by atoms with Crippen LogP contribution in [0, 0.1) is 6.92 Å². The normalized spacial score (nSPS) is 16.5. The van der Waals surface area contributed by atoms with E-state index in [9.17, 15) is 0 Å². The van der Waals surface area contributed by atoms with Crippen LogP contribution in [0.1, 0.15) is 23.3 Å². The van der Waals surface area contributed by atoms with Gasteiger partial charge in [0.15, 0.2) is 11.5 Å². The van der Waals surface area contributed by atoms with Crippen molar-refractivity contribution in [1.82, 2.24) is 0 Å². The summed E-state index contributed by atoms with van der Waals surface area (Å²) in [5.74, 6) is 1.70. The summed E-state index contributed by atoms with van der Waals surface area (Å²) in [6.45, 7) is 5.40. The molecule has 3 heteroatoms. The lowest BCUT2D eigenvalue weighted by Crippen LogP contribution is -2.15. The third-order valence-corrected chi connectivity index (χ3v) is 2.66. The maximum Gasteiger partial charge on any atom is 0.161 e. The predicted molar refractivity (Wildman–Crippen MR) is 59.6 cm³/mol. The fourth-order valence-electron chi connectivity index (χ4n) is 1.66. The van der Waals surface area contributed by atoms with Crippen molar-refractivity contribution in [3.63, 3.8) is 0 Å². The van der Waals surface area contributed by atoms with Crippen LogP contribution in [0.5, 0.6) is 11.5 Å². The maximum absolute atomic E-state index is 5.51. The molecule has 1 heterocycles. The van der Waals surface area contributed by atoms with E-state index in [1.165, 1.54) is 11.1 Å². The minimum absolute atomic E-state index is 0.228. The number of thiol groups is 1. The standard InChI is InChI=1S/C11H14O2S/c1-7-5-10-11(13-4-3-12-10)6-9(7)8(2)14/h5-6,8,14H,3-4H2,1-2H3. The van der Waals surface area contributed by atoms with E-state index in [-0.39, 0.29) is 5.25 Å². The number of benzene rings is 1. The lowest BCUT2D eigenvalue weighted by molar-refractivity contribution is 0.171. The van der Waals surface area contributed by atoms with E-state index in [4.69, 9.17) is 9.47 Å². The van der Waals surface area contributed by atoms with E-state index in [1.807, 2.05) is 12.1 Å². The van der Waals surface area contributed by atoms with Crippen LogP contribution in [-0.2, 0) is 0 Å². The zero-order valence-electron chi connectivity index (χ0n) is 8.41. The molecule has 0 saturated carbocycles. The van der Waals surface area contributed by atoms with Gasteiger partial charge in [-0.1, -0.05) is 0 Å². The highest BCUT2D eigenvalue weighted by Gasteiger charge is 2.15. The minimum Gasteiger partial charge on any atom is -0.486 e. The summed E-state index contributed by atoms with van der Waals surface area (Å²) in [4.78, 5) is 0. The van der Waals surface area contributed by atoms with Crippen molar-refractivity contribution < 1.29 is 9.47 Å². The number of hydrogen-bond acceptors (Lipinski definition) is 3. The highest BCUT2D eigenvalue weighted by atomic mass is 32.1. The SMILES string of the molecule is Cc1cc2c(cc1C(C)S)OCCO2. The number of aryl methyl sites for hydroxylation is 1. The molecule has 14 heavy (non-hydrogen) atoms. The number of ether oxygens (including phenoxy) is 2. The summed E-state index contributed by atoms with van der Waals surface area (Å²) in [6, 6.07) is 4.05. The zero-order chi connectivity index (χ0) is 10.1. The van der Waals surface area contributed by atoms with Crippen molar-refractivity contribution in [1.29, 1.82) is 0 Å². The van der Waals surface area contributed by atoms with Gasteiger partial charge in [0.05, 0.1) is 0 Å². The van der Waals surface area contributed by atoms with Crippen LogP contribution in [0.3, 0.4) is 0 Å². The first-order chi connectivity index (χ1) is 6.68. The molecule has 0 bridgehead atoms. The van der Waals surface area contributed by atoms with Gasteiger partial charge in [-0.05, 0) is 37.1 Å². The minimum atomic E-state index is 0.228. The van der Waals surface area contributed by atoms with Gasteiger partial charge in [-0.3, -0.25) is 0 Å². The van der Waals surface area contributed by atoms with Gasteiger partial charge in [0.2, 0.25) is 0 Å². The van der Waals surface area contributed by atoms with Gasteiger partial charge in [-0.15, -0.1) is 0 Å². The number of fused-ring (bicyclic) bond motifs is 1. The van der Waals surface area contributed by atoms with Crippen LogP contribution in [0.4, 0.5) is 0 Å². The van der Waals surface area contributed by atoms with E-state index < -0.39 is 0 Å². The van der Waals surface area contributed by atoms with Crippen LogP contribution in [0.15, 0.2) is 12.1 Å². The fraction of sp³-hybridized carbons (Fsp3) is 0.455. The second-order valence-corrected chi connectivity index (χ2v) is 4.30. The van der Waals surface area contributed by atoms with Crippen molar-refractivity contribution in [3.8, 4) is 11.5 Å². The molecule has 0 aliphatic carbocycles. The van der Waals surface area contributed by atoms with Gasteiger partial charge in [0.1, 0.15) is 13.2 Å². The van der Waals surface area contributed by atoms with E-state index in [0.29, 0.717) is 13.2 Å². The zero-order valence-corrected chi connectivity index (χ0v) is 9.30. The Kier molecular flexibility index (Phi) is 2.59. The Bertz CT molecular complexity index is 347.